The van der Waals surface area contributed by atoms with Crippen LogP contribution in [0, 0.1) is 0 Å². The normalized spacial score (nSPS) is 14.8. The Balaban J connectivity index is 2.45. The van der Waals surface area contributed by atoms with E-state index in [1.54, 1.807) is 0 Å². The van der Waals surface area contributed by atoms with E-state index in [-0.39, 0.29) is 0 Å². The van der Waals surface area contributed by atoms with E-state index in [0.29, 0.717) is 0 Å². The highest BCUT2D eigenvalue weighted by molar-refractivity contribution is 6.95. The Labute approximate surface area is 125 Å². The van der Waals surface area contributed by atoms with Gasteiger partial charge in [-0.2, -0.15) is 0 Å². The van der Waals surface area contributed by atoms with Gasteiger partial charge in [-0.25, -0.2) is 0 Å². The molecule has 3 nitrogen and oxygen atoms in total. The molecule has 0 unspecified atom stereocenters. The summed E-state index contributed by atoms with van der Waals surface area (Å²) in [6.45, 7) is 15.6. The van der Waals surface area contributed by atoms with E-state index >= 15 is 0 Å². The first-order valence-electron chi connectivity index (χ1n) is 7.28. The van der Waals surface area contributed by atoms with Gasteiger partial charge in [-0.1, -0.05) is 19.1 Å². The van der Waals surface area contributed by atoms with Crippen molar-refractivity contribution < 1.29 is 13.0 Å². The minimum absolute atomic E-state index is 0.932. The maximum atomic E-state index is 6.66. The molecule has 0 bridgehead atoms. The van der Waals surface area contributed by atoms with Crippen LogP contribution in [0.1, 0.15) is 6.92 Å². The lowest BCUT2D eigenvalue weighted by atomic mass is 10.4. The Morgan fingerprint density at radius 1 is 0.950 bits per heavy atom. The molecule has 1 aromatic carbocycles. The van der Waals surface area contributed by atoms with Crippen LogP contribution in [0.4, 0.5) is 0 Å². The first-order valence-corrected chi connectivity index (χ1v) is 16.1. The van der Waals surface area contributed by atoms with Crippen molar-refractivity contribution >= 4 is 30.4 Å². The maximum absolute atomic E-state index is 6.66. The summed E-state index contributed by atoms with van der Waals surface area (Å²) in [5.74, 6) is 2.00. The van der Waals surface area contributed by atoms with Crippen LogP contribution >= 0.6 is 0 Å². The van der Waals surface area contributed by atoms with Crippen molar-refractivity contribution in [3.63, 3.8) is 0 Å². The second kappa shape index (κ2) is 5.10. The standard InChI is InChI=1S/C14H26O3Si3/c1-8-20(16-18(2,3)4,17-19(5,6)7)13-11-9-10-12-14(13)15-12/h9-11H,8H2,1-7H3. The van der Waals surface area contributed by atoms with Crippen LogP contribution in [-0.4, -0.2) is 25.2 Å². The summed E-state index contributed by atoms with van der Waals surface area (Å²) < 4.78 is 18.9. The molecule has 0 N–H and O–H groups in total. The van der Waals surface area contributed by atoms with E-state index in [2.05, 4.69) is 58.3 Å². The number of fused-ring (bicyclic) bond motifs is 1. The molecule has 1 aliphatic rings. The van der Waals surface area contributed by atoms with Crippen molar-refractivity contribution in [1.29, 1.82) is 0 Å². The fourth-order valence-electron chi connectivity index (χ4n) is 2.44. The molecule has 0 aromatic heterocycles. The second-order valence-electron chi connectivity index (χ2n) is 7.27. The predicted molar refractivity (Wildman–Crippen MR) is 91.2 cm³/mol. The maximum Gasteiger partial charge on any atom is 0.355 e. The zero-order chi connectivity index (χ0) is 15.2. The van der Waals surface area contributed by atoms with Crippen LogP contribution < -0.4 is 9.92 Å². The molecule has 6 heteroatoms. The average Bonchev–Trinajstić information content (AvgIpc) is 3.02. The number of hydrogen-bond donors (Lipinski definition) is 0. The van der Waals surface area contributed by atoms with E-state index < -0.39 is 25.2 Å². The number of rotatable bonds is 6. The summed E-state index contributed by atoms with van der Waals surface area (Å²) in [6.07, 6.45) is 0. The molecule has 20 heavy (non-hydrogen) atoms. The lowest BCUT2D eigenvalue weighted by Gasteiger charge is -2.40. The summed E-state index contributed by atoms with van der Waals surface area (Å²) >= 11 is 0. The lowest BCUT2D eigenvalue weighted by Crippen LogP contribution is -2.61. The summed E-state index contributed by atoms with van der Waals surface area (Å²) in [5, 5.41) is 1.20. The molecule has 1 aromatic rings. The fourth-order valence-corrected chi connectivity index (χ4v) is 14.2. The minimum Gasteiger partial charge on any atom is -0.449 e. The van der Waals surface area contributed by atoms with Crippen molar-refractivity contribution in [2.24, 2.45) is 0 Å². The summed E-state index contributed by atoms with van der Waals surface area (Å²) in [4.78, 5) is 0. The lowest BCUT2D eigenvalue weighted by molar-refractivity contribution is 0.395. The van der Waals surface area contributed by atoms with E-state index in [9.17, 15) is 0 Å². The molecule has 1 aliphatic heterocycles. The van der Waals surface area contributed by atoms with Gasteiger partial charge in [0.25, 0.3) is 0 Å². The fraction of sp³-hybridized carbons (Fsp3) is 0.571. The van der Waals surface area contributed by atoms with Crippen LogP contribution in [0.5, 0.6) is 11.5 Å². The molecule has 1 heterocycles. The van der Waals surface area contributed by atoms with Gasteiger partial charge in [-0.15, -0.1) is 0 Å². The first-order chi connectivity index (χ1) is 9.06. The smallest absolute Gasteiger partial charge is 0.355 e. The van der Waals surface area contributed by atoms with Crippen molar-refractivity contribution in [2.45, 2.75) is 52.2 Å². The van der Waals surface area contributed by atoms with Crippen molar-refractivity contribution in [3.8, 4) is 11.5 Å². The van der Waals surface area contributed by atoms with Crippen LogP contribution in [0.25, 0.3) is 0 Å². The number of benzene rings is 1. The van der Waals surface area contributed by atoms with Gasteiger partial charge in [0.1, 0.15) is 0 Å². The Hall–Kier alpha value is -0.409. The van der Waals surface area contributed by atoms with Gasteiger partial charge in [0, 0.05) is 5.19 Å². The van der Waals surface area contributed by atoms with Crippen LogP contribution in [-0.2, 0) is 8.23 Å². The summed E-state index contributed by atoms with van der Waals surface area (Å²) in [5.41, 5.74) is 0. The van der Waals surface area contributed by atoms with Gasteiger partial charge in [0.05, 0.1) is 0 Å². The Bertz CT molecular complexity index is 487. The van der Waals surface area contributed by atoms with Gasteiger partial charge in [0.15, 0.2) is 28.1 Å². The van der Waals surface area contributed by atoms with Gasteiger partial charge in [-0.05, 0) is 51.4 Å². The molecule has 0 amide bonds. The highest BCUT2D eigenvalue weighted by Crippen LogP contribution is 2.45. The third-order valence-corrected chi connectivity index (χ3v) is 12.6. The molecule has 112 valence electrons. The molecule has 0 atom stereocenters. The highest BCUT2D eigenvalue weighted by Gasteiger charge is 2.49. The molecule has 0 aliphatic carbocycles. The third kappa shape index (κ3) is 3.62. The monoisotopic (exact) mass is 326 g/mol. The van der Waals surface area contributed by atoms with E-state index in [1.807, 2.05) is 6.07 Å². The van der Waals surface area contributed by atoms with Gasteiger partial charge in [-0.3, -0.25) is 0 Å². The third-order valence-electron chi connectivity index (χ3n) is 2.97. The zero-order valence-corrected chi connectivity index (χ0v) is 16.7. The topological polar surface area (TPSA) is 31.0 Å². The van der Waals surface area contributed by atoms with Crippen molar-refractivity contribution in [1.82, 2.24) is 0 Å². The highest BCUT2D eigenvalue weighted by atomic mass is 28.5. The second-order valence-corrected chi connectivity index (χ2v) is 20.1. The molecule has 0 fully saturated rings. The Morgan fingerprint density at radius 2 is 1.50 bits per heavy atom. The summed E-state index contributed by atoms with van der Waals surface area (Å²) in [6, 6.07) is 7.14. The van der Waals surface area contributed by atoms with Crippen LogP contribution in [0.3, 0.4) is 0 Å². The van der Waals surface area contributed by atoms with Crippen LogP contribution in [0.2, 0.25) is 45.3 Å². The molecular formula is C14H26O3Si3. The Kier molecular flexibility index (Phi) is 4.07. The van der Waals surface area contributed by atoms with Crippen molar-refractivity contribution in [2.75, 3.05) is 0 Å². The zero-order valence-electron chi connectivity index (χ0n) is 13.7. The molecule has 0 saturated carbocycles. The van der Waals surface area contributed by atoms with E-state index in [4.69, 9.17) is 13.0 Å². The quantitative estimate of drug-likeness (QED) is 0.590. The van der Waals surface area contributed by atoms with Gasteiger partial charge in [0.2, 0.25) is 0 Å². The molecular weight excluding hydrogens is 300 g/mol. The SMILES string of the molecule is CC[Si](O[Si](C)(C)C)(O[Si](C)(C)C)c1cccc2c1O2. The van der Waals surface area contributed by atoms with Gasteiger partial charge >= 0.3 is 8.56 Å². The minimum atomic E-state index is -2.41. The summed E-state index contributed by atoms with van der Waals surface area (Å²) in [7, 11) is -5.80. The van der Waals surface area contributed by atoms with Crippen molar-refractivity contribution in [3.05, 3.63) is 18.2 Å². The number of para-hydroxylation sites is 1. The van der Waals surface area contributed by atoms with E-state index in [0.717, 1.165) is 17.5 Å². The molecule has 2 rings (SSSR count). The van der Waals surface area contributed by atoms with Crippen LogP contribution in [0.15, 0.2) is 18.2 Å². The number of ether oxygens (including phenoxy) is 1. The predicted octanol–water partition coefficient (Wildman–Crippen LogP) is 4.16. The molecule has 0 spiro atoms. The molecule has 0 radical (unpaired) electrons. The van der Waals surface area contributed by atoms with E-state index in [1.165, 1.54) is 5.19 Å². The first kappa shape index (κ1) is 16.0. The molecule has 0 saturated heterocycles. The number of hydrogen-bond acceptors (Lipinski definition) is 3. The average molecular weight is 327 g/mol. The largest absolute Gasteiger partial charge is 0.449 e. The Morgan fingerprint density at radius 3 is 1.95 bits per heavy atom. The van der Waals surface area contributed by atoms with Gasteiger partial charge < -0.3 is 13.0 Å².